The van der Waals surface area contributed by atoms with Crippen molar-refractivity contribution in [3.8, 4) is 0 Å². The number of rotatable bonds is 2. The van der Waals surface area contributed by atoms with Crippen molar-refractivity contribution in [1.29, 1.82) is 0 Å². The van der Waals surface area contributed by atoms with Crippen molar-refractivity contribution >= 4 is 34.8 Å². The summed E-state index contributed by atoms with van der Waals surface area (Å²) in [4.78, 5) is 3.68. The molecule has 72 valence electrons. The summed E-state index contributed by atoms with van der Waals surface area (Å²) in [5.41, 5.74) is 5.73. The summed E-state index contributed by atoms with van der Waals surface area (Å²) in [7, 11) is 0. The molecule has 6 heteroatoms. The minimum absolute atomic E-state index is 0.0740. The maximum Gasteiger partial charge on any atom is 0.148 e. The van der Waals surface area contributed by atoms with E-state index in [9.17, 15) is 4.39 Å². The van der Waals surface area contributed by atoms with Gasteiger partial charge in [0.1, 0.15) is 11.8 Å². The van der Waals surface area contributed by atoms with E-state index in [-0.39, 0.29) is 15.2 Å². The SMILES string of the molecule is N[C@@H](CF)c1c(Cl)cnc(Cl)c1Cl. The molecule has 0 aliphatic carbocycles. The molecule has 2 nitrogen and oxygen atoms in total. The highest BCUT2D eigenvalue weighted by atomic mass is 35.5. The molecule has 0 saturated carbocycles. The first-order chi connectivity index (χ1) is 6.07. The molecular formula is C7H6Cl3FN2. The number of pyridine rings is 1. The van der Waals surface area contributed by atoms with E-state index >= 15 is 0 Å². The van der Waals surface area contributed by atoms with Crippen LogP contribution in [-0.2, 0) is 0 Å². The first-order valence-electron chi connectivity index (χ1n) is 3.38. The Bertz CT molecular complexity index is 319. The first-order valence-corrected chi connectivity index (χ1v) is 4.52. The lowest BCUT2D eigenvalue weighted by Gasteiger charge is -2.11. The van der Waals surface area contributed by atoms with Crippen LogP contribution in [0.4, 0.5) is 4.39 Å². The van der Waals surface area contributed by atoms with Crippen LogP contribution in [0, 0.1) is 0 Å². The van der Waals surface area contributed by atoms with Crippen LogP contribution in [0.1, 0.15) is 11.6 Å². The van der Waals surface area contributed by atoms with Gasteiger partial charge < -0.3 is 5.73 Å². The summed E-state index contributed by atoms with van der Waals surface area (Å²) in [5.74, 6) is 0. The molecule has 0 saturated heterocycles. The molecule has 0 bridgehead atoms. The van der Waals surface area contributed by atoms with Crippen LogP contribution in [0.5, 0.6) is 0 Å². The lowest BCUT2D eigenvalue weighted by molar-refractivity contribution is 0.437. The van der Waals surface area contributed by atoms with Crippen molar-refractivity contribution in [2.24, 2.45) is 5.73 Å². The molecule has 0 aliphatic heterocycles. The summed E-state index contributed by atoms with van der Waals surface area (Å²) in [5, 5.41) is 0.406. The topological polar surface area (TPSA) is 38.9 Å². The minimum Gasteiger partial charge on any atom is -0.322 e. The lowest BCUT2D eigenvalue weighted by atomic mass is 10.1. The molecule has 2 N–H and O–H groups in total. The number of nitrogens with two attached hydrogens (primary N) is 1. The van der Waals surface area contributed by atoms with E-state index in [0.717, 1.165) is 0 Å². The number of aromatic nitrogens is 1. The highest BCUT2D eigenvalue weighted by Crippen LogP contribution is 2.33. The lowest BCUT2D eigenvalue weighted by Crippen LogP contribution is -2.13. The molecular weight excluding hydrogens is 237 g/mol. The van der Waals surface area contributed by atoms with Gasteiger partial charge in [0.25, 0.3) is 0 Å². The third-order valence-corrected chi connectivity index (χ3v) is 2.57. The van der Waals surface area contributed by atoms with Gasteiger partial charge in [0.05, 0.1) is 16.1 Å². The van der Waals surface area contributed by atoms with E-state index in [2.05, 4.69) is 4.98 Å². The van der Waals surface area contributed by atoms with Crippen LogP contribution >= 0.6 is 34.8 Å². The Labute approximate surface area is 89.8 Å². The highest BCUT2D eigenvalue weighted by molar-refractivity contribution is 6.43. The van der Waals surface area contributed by atoms with Gasteiger partial charge in [0.15, 0.2) is 0 Å². The maximum atomic E-state index is 12.3. The minimum atomic E-state index is -0.861. The fraction of sp³-hybridized carbons (Fsp3) is 0.286. The van der Waals surface area contributed by atoms with E-state index in [1.807, 2.05) is 0 Å². The largest absolute Gasteiger partial charge is 0.322 e. The van der Waals surface area contributed by atoms with Crippen LogP contribution in [0.25, 0.3) is 0 Å². The fourth-order valence-corrected chi connectivity index (χ4v) is 1.65. The fourth-order valence-electron chi connectivity index (χ4n) is 0.873. The Morgan fingerprint density at radius 1 is 1.46 bits per heavy atom. The summed E-state index contributed by atoms with van der Waals surface area (Å²) >= 11 is 17.1. The molecule has 1 heterocycles. The summed E-state index contributed by atoms with van der Waals surface area (Å²) in [6.45, 7) is -0.750. The van der Waals surface area contributed by atoms with Crippen molar-refractivity contribution in [2.45, 2.75) is 6.04 Å². The molecule has 0 aliphatic rings. The summed E-state index contributed by atoms with van der Waals surface area (Å²) in [6, 6.07) is -0.861. The zero-order chi connectivity index (χ0) is 10.0. The molecule has 0 radical (unpaired) electrons. The molecule has 0 unspecified atom stereocenters. The van der Waals surface area contributed by atoms with Crippen LogP contribution in [0.15, 0.2) is 6.20 Å². The monoisotopic (exact) mass is 242 g/mol. The second-order valence-corrected chi connectivity index (χ2v) is 3.53. The Morgan fingerprint density at radius 2 is 2.08 bits per heavy atom. The molecule has 1 rings (SSSR count). The molecule has 1 atom stereocenters. The average Bonchev–Trinajstić information content (AvgIpc) is 2.12. The number of hydrogen-bond donors (Lipinski definition) is 1. The Hall–Kier alpha value is -0.0900. The van der Waals surface area contributed by atoms with Gasteiger partial charge in [-0.05, 0) is 0 Å². The molecule has 0 amide bonds. The van der Waals surface area contributed by atoms with E-state index in [4.69, 9.17) is 40.5 Å². The second-order valence-electron chi connectivity index (χ2n) is 2.39. The van der Waals surface area contributed by atoms with Crippen molar-refractivity contribution in [2.75, 3.05) is 6.67 Å². The normalized spacial score (nSPS) is 13.0. The Morgan fingerprint density at radius 3 is 2.62 bits per heavy atom. The van der Waals surface area contributed by atoms with Gasteiger partial charge in [-0.1, -0.05) is 34.8 Å². The average molecular weight is 243 g/mol. The Balaban J connectivity index is 3.25. The number of alkyl halides is 1. The first kappa shape index (κ1) is 11.0. The molecule has 13 heavy (non-hydrogen) atoms. The Kier molecular flexibility index (Phi) is 3.74. The number of halogens is 4. The van der Waals surface area contributed by atoms with E-state index in [0.29, 0.717) is 5.56 Å². The van der Waals surface area contributed by atoms with Gasteiger partial charge in [0.2, 0.25) is 0 Å². The van der Waals surface area contributed by atoms with Crippen LogP contribution < -0.4 is 5.73 Å². The van der Waals surface area contributed by atoms with Crippen LogP contribution in [0.2, 0.25) is 15.2 Å². The van der Waals surface area contributed by atoms with Crippen LogP contribution in [0.3, 0.4) is 0 Å². The third-order valence-electron chi connectivity index (χ3n) is 1.50. The zero-order valence-electron chi connectivity index (χ0n) is 6.40. The molecule has 0 fully saturated rings. The van der Waals surface area contributed by atoms with Gasteiger partial charge >= 0.3 is 0 Å². The third kappa shape index (κ3) is 2.23. The van der Waals surface area contributed by atoms with E-state index in [1.165, 1.54) is 6.20 Å². The number of hydrogen-bond acceptors (Lipinski definition) is 2. The van der Waals surface area contributed by atoms with E-state index in [1.54, 1.807) is 0 Å². The zero-order valence-corrected chi connectivity index (χ0v) is 8.67. The van der Waals surface area contributed by atoms with Gasteiger partial charge in [0, 0.05) is 11.8 Å². The predicted molar refractivity (Wildman–Crippen MR) is 52.2 cm³/mol. The van der Waals surface area contributed by atoms with Crippen molar-refractivity contribution in [3.63, 3.8) is 0 Å². The van der Waals surface area contributed by atoms with Gasteiger partial charge in [-0.15, -0.1) is 0 Å². The molecule has 0 aromatic carbocycles. The van der Waals surface area contributed by atoms with Crippen LogP contribution in [-0.4, -0.2) is 11.7 Å². The standard InChI is InChI=1S/C7H6Cl3FN2/c8-3-2-13-7(10)6(9)5(3)4(12)1-11/h2,4H,1,12H2/t4-/m0/s1. The molecule has 0 spiro atoms. The highest BCUT2D eigenvalue weighted by Gasteiger charge is 2.17. The quantitative estimate of drug-likeness (QED) is 0.811. The molecule has 1 aromatic heterocycles. The van der Waals surface area contributed by atoms with Crippen molar-refractivity contribution in [1.82, 2.24) is 4.98 Å². The maximum absolute atomic E-state index is 12.3. The van der Waals surface area contributed by atoms with Crippen molar-refractivity contribution in [3.05, 3.63) is 27.0 Å². The predicted octanol–water partition coefficient (Wildman–Crippen LogP) is 3.01. The smallest absolute Gasteiger partial charge is 0.148 e. The van der Waals surface area contributed by atoms with Crippen molar-refractivity contribution < 1.29 is 4.39 Å². The molecule has 1 aromatic rings. The summed E-state index contributed by atoms with van der Waals surface area (Å²) < 4.78 is 12.3. The second kappa shape index (κ2) is 4.42. The number of nitrogens with zero attached hydrogens (tertiary/aromatic N) is 1. The summed E-state index contributed by atoms with van der Waals surface area (Å²) in [6.07, 6.45) is 1.29. The van der Waals surface area contributed by atoms with Gasteiger partial charge in [-0.2, -0.15) is 0 Å². The van der Waals surface area contributed by atoms with E-state index < -0.39 is 12.7 Å². The van der Waals surface area contributed by atoms with Gasteiger partial charge in [-0.25, -0.2) is 9.37 Å². The van der Waals surface area contributed by atoms with Gasteiger partial charge in [-0.3, -0.25) is 0 Å².